The van der Waals surface area contributed by atoms with E-state index in [4.69, 9.17) is 16.3 Å². The first-order valence-corrected chi connectivity index (χ1v) is 10.5. The van der Waals surface area contributed by atoms with E-state index in [0.29, 0.717) is 30.2 Å². The van der Waals surface area contributed by atoms with E-state index in [2.05, 4.69) is 0 Å². The molecule has 1 aliphatic rings. The van der Waals surface area contributed by atoms with Crippen molar-refractivity contribution in [1.29, 1.82) is 0 Å². The summed E-state index contributed by atoms with van der Waals surface area (Å²) >= 11 is 7.17. The Balaban J connectivity index is 1.72. The number of piperazine rings is 1. The van der Waals surface area contributed by atoms with Crippen molar-refractivity contribution in [3.63, 3.8) is 0 Å². The van der Waals surface area contributed by atoms with E-state index < -0.39 is 0 Å². The molecule has 0 spiro atoms. The van der Waals surface area contributed by atoms with Gasteiger partial charge in [-0.2, -0.15) is 0 Å². The molecule has 0 N–H and O–H groups in total. The molecule has 1 aromatic heterocycles. The number of halogens is 1. The Morgan fingerprint density at radius 3 is 2.68 bits per heavy atom. The van der Waals surface area contributed by atoms with Gasteiger partial charge >= 0.3 is 10.8 Å². The van der Waals surface area contributed by atoms with Crippen LogP contribution in [0.1, 0.15) is 20.8 Å². The number of rotatable bonds is 5. The first-order valence-electron chi connectivity index (χ1n) is 9.28. The lowest BCUT2D eigenvalue weighted by Crippen LogP contribution is -2.59. The molecule has 152 valence electrons. The van der Waals surface area contributed by atoms with Gasteiger partial charge in [-0.3, -0.25) is 23.9 Å². The van der Waals surface area contributed by atoms with E-state index >= 15 is 0 Å². The number of fused-ring (bicyclic) bond motifs is 1. The summed E-state index contributed by atoms with van der Waals surface area (Å²) in [6.45, 7) is 7.35. The predicted octanol–water partition coefficient (Wildman–Crippen LogP) is 2.20. The Morgan fingerprint density at radius 2 is 1.96 bits per heavy atom. The molecule has 1 aliphatic heterocycles. The Hall–Kier alpha value is -1.90. The first-order chi connectivity index (χ1) is 13.3. The normalized spacial score (nSPS) is 20.5. The Morgan fingerprint density at radius 1 is 1.21 bits per heavy atom. The monoisotopic (exact) mass is 425 g/mol. The molecular weight excluding hydrogens is 402 g/mol. The van der Waals surface area contributed by atoms with Gasteiger partial charge in [0.15, 0.2) is 0 Å². The highest BCUT2D eigenvalue weighted by Gasteiger charge is 2.33. The van der Waals surface area contributed by atoms with Crippen molar-refractivity contribution in [3.8, 4) is 0 Å². The molecule has 2 heterocycles. The Kier molecular flexibility index (Phi) is 6.42. The van der Waals surface area contributed by atoms with Gasteiger partial charge in [0, 0.05) is 30.2 Å². The first kappa shape index (κ1) is 20.8. The van der Waals surface area contributed by atoms with Crippen molar-refractivity contribution in [2.75, 3.05) is 26.2 Å². The van der Waals surface area contributed by atoms with Crippen LogP contribution >= 0.6 is 22.9 Å². The predicted molar refractivity (Wildman–Crippen MR) is 110 cm³/mol. The third-order valence-corrected chi connectivity index (χ3v) is 6.19. The number of hydrogen-bond donors (Lipinski definition) is 0. The number of thiazole rings is 1. The molecule has 1 aromatic carbocycles. The van der Waals surface area contributed by atoms with Crippen LogP contribution in [0.2, 0.25) is 5.02 Å². The average molecular weight is 426 g/mol. The molecule has 1 fully saturated rings. The molecule has 2 unspecified atom stereocenters. The Bertz CT molecular complexity index is 941. The number of hydrogen-bond acceptors (Lipinski definition) is 6. The zero-order valence-electron chi connectivity index (χ0n) is 16.2. The lowest BCUT2D eigenvalue weighted by Gasteiger charge is -2.43. The zero-order valence-corrected chi connectivity index (χ0v) is 17.8. The molecule has 0 aliphatic carbocycles. The fourth-order valence-electron chi connectivity index (χ4n) is 3.55. The van der Waals surface area contributed by atoms with E-state index in [1.54, 1.807) is 30.0 Å². The summed E-state index contributed by atoms with van der Waals surface area (Å²) in [4.78, 5) is 40.7. The number of amides is 1. The minimum atomic E-state index is -0.255. The number of carbonyl (C=O) groups is 2. The number of nitrogens with zero attached hydrogens (tertiary/aromatic N) is 3. The standard InChI is InChI=1S/C19H24ClN3O4S/c1-4-27-18(25)11-21-8-13(3)22(9-12(21)2)17(24)10-23-15-7-14(20)5-6-16(15)28-19(23)26/h5-7,12-13H,4,8-11H2,1-3H3. The smallest absolute Gasteiger partial charge is 0.320 e. The maximum absolute atomic E-state index is 13.0. The van der Waals surface area contributed by atoms with Crippen LogP contribution in [0.4, 0.5) is 0 Å². The van der Waals surface area contributed by atoms with Crippen LogP contribution in [0.3, 0.4) is 0 Å². The maximum Gasteiger partial charge on any atom is 0.320 e. The largest absolute Gasteiger partial charge is 0.465 e. The second kappa shape index (κ2) is 8.63. The van der Waals surface area contributed by atoms with Crippen LogP contribution in [0.15, 0.2) is 23.0 Å². The molecular formula is C19H24ClN3O4S. The van der Waals surface area contributed by atoms with Gasteiger partial charge in [-0.1, -0.05) is 22.9 Å². The van der Waals surface area contributed by atoms with Crippen molar-refractivity contribution in [3.05, 3.63) is 32.9 Å². The fourth-order valence-corrected chi connectivity index (χ4v) is 4.59. The number of carbonyl (C=O) groups excluding carboxylic acids is 2. The SMILES string of the molecule is CCOC(=O)CN1CC(C)N(C(=O)Cn2c(=O)sc3ccc(Cl)cc32)CC1C. The van der Waals surface area contributed by atoms with Crippen LogP contribution < -0.4 is 4.87 Å². The Labute approximate surface area is 172 Å². The van der Waals surface area contributed by atoms with Gasteiger partial charge in [-0.25, -0.2) is 0 Å². The zero-order chi connectivity index (χ0) is 20.4. The summed E-state index contributed by atoms with van der Waals surface area (Å²) in [7, 11) is 0. The van der Waals surface area contributed by atoms with Crippen LogP contribution in [-0.2, 0) is 20.9 Å². The molecule has 1 amide bonds. The fraction of sp³-hybridized carbons (Fsp3) is 0.526. The number of aromatic nitrogens is 1. The molecule has 28 heavy (non-hydrogen) atoms. The van der Waals surface area contributed by atoms with Gasteiger partial charge in [0.1, 0.15) is 6.54 Å². The third-order valence-electron chi connectivity index (χ3n) is 5.00. The second-order valence-electron chi connectivity index (χ2n) is 7.04. The lowest BCUT2D eigenvalue weighted by atomic mass is 10.1. The molecule has 2 aromatic rings. The average Bonchev–Trinajstić information content (AvgIpc) is 2.93. The van der Waals surface area contributed by atoms with E-state index in [9.17, 15) is 14.4 Å². The van der Waals surface area contributed by atoms with Crippen molar-refractivity contribution in [2.45, 2.75) is 39.4 Å². The third kappa shape index (κ3) is 4.39. The van der Waals surface area contributed by atoms with Crippen LogP contribution in [0.25, 0.3) is 10.2 Å². The maximum atomic E-state index is 13.0. The van der Waals surface area contributed by atoms with Gasteiger partial charge in [-0.05, 0) is 39.0 Å². The highest BCUT2D eigenvalue weighted by molar-refractivity contribution is 7.16. The van der Waals surface area contributed by atoms with Gasteiger partial charge in [0.25, 0.3) is 0 Å². The minimum Gasteiger partial charge on any atom is -0.465 e. The molecule has 0 radical (unpaired) electrons. The van der Waals surface area contributed by atoms with Gasteiger partial charge < -0.3 is 9.64 Å². The van der Waals surface area contributed by atoms with Crippen LogP contribution in [0, 0.1) is 0 Å². The lowest BCUT2D eigenvalue weighted by molar-refractivity contribution is -0.147. The summed E-state index contributed by atoms with van der Waals surface area (Å²) < 4.78 is 7.32. The van der Waals surface area contributed by atoms with E-state index in [1.165, 1.54) is 4.57 Å². The van der Waals surface area contributed by atoms with Crippen molar-refractivity contribution in [2.24, 2.45) is 0 Å². The van der Waals surface area contributed by atoms with Crippen molar-refractivity contribution in [1.82, 2.24) is 14.4 Å². The molecule has 7 nitrogen and oxygen atoms in total. The molecule has 0 saturated carbocycles. The molecule has 1 saturated heterocycles. The highest BCUT2D eigenvalue weighted by Crippen LogP contribution is 2.22. The van der Waals surface area contributed by atoms with Gasteiger partial charge in [0.2, 0.25) is 5.91 Å². The van der Waals surface area contributed by atoms with Gasteiger partial charge in [0.05, 0.1) is 23.4 Å². The van der Waals surface area contributed by atoms with Crippen molar-refractivity contribution < 1.29 is 14.3 Å². The van der Waals surface area contributed by atoms with Crippen LogP contribution in [-0.4, -0.2) is 64.6 Å². The summed E-state index contributed by atoms with van der Waals surface area (Å²) in [5, 5.41) is 0.529. The highest BCUT2D eigenvalue weighted by atomic mass is 35.5. The van der Waals surface area contributed by atoms with E-state index in [-0.39, 0.29) is 41.9 Å². The van der Waals surface area contributed by atoms with Gasteiger partial charge in [-0.15, -0.1) is 0 Å². The molecule has 3 rings (SSSR count). The number of esters is 1. The topological polar surface area (TPSA) is 71.8 Å². The summed E-state index contributed by atoms with van der Waals surface area (Å²) in [5.74, 6) is -0.369. The van der Waals surface area contributed by atoms with Crippen molar-refractivity contribution >= 4 is 45.0 Å². The number of ether oxygens (including phenoxy) is 1. The quantitative estimate of drug-likeness (QED) is 0.687. The van der Waals surface area contributed by atoms with E-state index in [1.807, 2.05) is 18.7 Å². The second-order valence-corrected chi connectivity index (χ2v) is 8.47. The summed E-state index contributed by atoms with van der Waals surface area (Å²) in [6.07, 6.45) is 0. The minimum absolute atomic E-state index is 0.0197. The molecule has 2 atom stereocenters. The summed E-state index contributed by atoms with van der Waals surface area (Å²) in [5.41, 5.74) is 0.678. The number of benzene rings is 1. The van der Waals surface area contributed by atoms with E-state index in [0.717, 1.165) is 16.0 Å². The summed E-state index contributed by atoms with van der Waals surface area (Å²) in [6, 6.07) is 5.20. The molecule has 0 bridgehead atoms. The van der Waals surface area contributed by atoms with Crippen LogP contribution in [0.5, 0.6) is 0 Å². The molecule has 9 heteroatoms.